The van der Waals surface area contributed by atoms with Crippen molar-refractivity contribution in [3.8, 4) is 0 Å². The summed E-state index contributed by atoms with van der Waals surface area (Å²) in [6, 6.07) is 5.31. The maximum Gasteiger partial charge on any atom is 0.321 e. The van der Waals surface area contributed by atoms with E-state index >= 15 is 0 Å². The lowest BCUT2D eigenvalue weighted by molar-refractivity contribution is -0.139. The summed E-state index contributed by atoms with van der Waals surface area (Å²) in [4.78, 5) is 10.8. The lowest BCUT2D eigenvalue weighted by Crippen LogP contribution is -2.46. The van der Waals surface area contributed by atoms with E-state index in [1.54, 1.807) is 26.0 Å². The van der Waals surface area contributed by atoms with E-state index in [-0.39, 0.29) is 5.82 Å². The van der Waals surface area contributed by atoms with Crippen molar-refractivity contribution in [2.45, 2.75) is 30.4 Å². The number of carboxylic acid groups (broad SMARTS) is 1. The number of carboxylic acids is 1. The number of hydrogen-bond donors (Lipinski definition) is 2. The highest BCUT2D eigenvalue weighted by molar-refractivity contribution is 7.99. The third-order valence-electron chi connectivity index (χ3n) is 2.51. The third-order valence-corrected chi connectivity index (χ3v) is 3.99. The average Bonchev–Trinajstić information content (AvgIpc) is 2.25. The minimum absolute atomic E-state index is 0.288. The Morgan fingerprint density at radius 1 is 1.59 bits per heavy atom. The molecule has 1 aromatic rings. The predicted octanol–water partition coefficient (Wildman–Crippen LogP) is 2.25. The highest BCUT2D eigenvalue weighted by atomic mass is 32.2. The van der Waals surface area contributed by atoms with E-state index < -0.39 is 16.8 Å². The molecule has 0 spiro atoms. The summed E-state index contributed by atoms with van der Waals surface area (Å²) >= 11 is 1.40. The number of thioether (sulfide) groups is 1. The fourth-order valence-corrected chi connectivity index (χ4v) is 2.28. The minimum Gasteiger partial charge on any atom is -0.480 e. The van der Waals surface area contributed by atoms with Crippen LogP contribution in [0, 0.1) is 5.82 Å². The van der Waals surface area contributed by atoms with E-state index in [9.17, 15) is 9.18 Å². The molecule has 0 radical (unpaired) electrons. The number of benzene rings is 1. The molecule has 1 aromatic carbocycles. The molecule has 1 atom stereocenters. The molecule has 0 aliphatic carbocycles. The Morgan fingerprint density at radius 3 is 2.76 bits per heavy atom. The molecule has 0 bridgehead atoms. The van der Waals surface area contributed by atoms with Crippen molar-refractivity contribution in [3.63, 3.8) is 0 Å². The molecule has 5 heteroatoms. The molecule has 0 aromatic heterocycles. The molecule has 0 saturated heterocycles. The molecule has 0 heterocycles. The van der Waals surface area contributed by atoms with E-state index in [1.165, 1.54) is 23.9 Å². The second-order valence-electron chi connectivity index (χ2n) is 4.34. The van der Waals surface area contributed by atoms with E-state index in [1.807, 2.05) is 0 Å². The predicted molar refractivity (Wildman–Crippen MR) is 67.4 cm³/mol. The van der Waals surface area contributed by atoms with E-state index in [0.29, 0.717) is 5.75 Å². The van der Waals surface area contributed by atoms with Crippen LogP contribution in [0.3, 0.4) is 0 Å². The minimum atomic E-state index is -1.03. The Labute approximate surface area is 104 Å². The van der Waals surface area contributed by atoms with Crippen LogP contribution in [0.4, 0.5) is 4.39 Å². The molecule has 0 fully saturated rings. The van der Waals surface area contributed by atoms with Crippen LogP contribution < -0.4 is 5.73 Å². The van der Waals surface area contributed by atoms with Gasteiger partial charge in [-0.25, -0.2) is 4.39 Å². The van der Waals surface area contributed by atoms with Gasteiger partial charge in [-0.15, -0.1) is 11.8 Å². The van der Waals surface area contributed by atoms with Gasteiger partial charge in [-0.2, -0.15) is 0 Å². The number of rotatable bonds is 5. The SMILES string of the molecule is CC(C)(SCc1cccc(F)c1)[C@@H](N)C(=O)O. The van der Waals surface area contributed by atoms with E-state index in [0.717, 1.165) is 5.56 Å². The van der Waals surface area contributed by atoms with Gasteiger partial charge in [-0.3, -0.25) is 4.79 Å². The van der Waals surface area contributed by atoms with Gasteiger partial charge in [0.2, 0.25) is 0 Å². The van der Waals surface area contributed by atoms with Crippen molar-refractivity contribution in [2.75, 3.05) is 0 Å². The van der Waals surface area contributed by atoms with Crippen LogP contribution in [0.2, 0.25) is 0 Å². The molecule has 0 saturated carbocycles. The van der Waals surface area contributed by atoms with Gasteiger partial charge in [0.1, 0.15) is 11.9 Å². The summed E-state index contributed by atoms with van der Waals surface area (Å²) < 4.78 is 12.3. The van der Waals surface area contributed by atoms with Gasteiger partial charge in [0, 0.05) is 10.5 Å². The van der Waals surface area contributed by atoms with Gasteiger partial charge >= 0.3 is 5.97 Å². The maximum atomic E-state index is 12.9. The van der Waals surface area contributed by atoms with Gasteiger partial charge in [0.05, 0.1) is 0 Å². The third kappa shape index (κ3) is 4.02. The fourth-order valence-electron chi connectivity index (χ4n) is 1.28. The molecule has 0 unspecified atom stereocenters. The standard InChI is InChI=1S/C12H16FNO2S/c1-12(2,10(14)11(15)16)17-7-8-4-3-5-9(13)6-8/h3-6,10H,7,14H2,1-2H3,(H,15,16)/t10-/m0/s1. The number of carbonyl (C=O) groups is 1. The van der Waals surface area contributed by atoms with E-state index in [4.69, 9.17) is 10.8 Å². The van der Waals surface area contributed by atoms with Crippen LogP contribution >= 0.6 is 11.8 Å². The summed E-state index contributed by atoms with van der Waals surface area (Å²) in [5.74, 6) is -0.781. The molecule has 3 N–H and O–H groups in total. The Bertz CT molecular complexity index is 409. The smallest absolute Gasteiger partial charge is 0.321 e. The van der Waals surface area contributed by atoms with Crippen molar-refractivity contribution in [3.05, 3.63) is 35.6 Å². The zero-order valence-electron chi connectivity index (χ0n) is 9.81. The quantitative estimate of drug-likeness (QED) is 0.849. The van der Waals surface area contributed by atoms with Gasteiger partial charge in [-0.05, 0) is 31.5 Å². The van der Waals surface area contributed by atoms with Crippen molar-refractivity contribution in [2.24, 2.45) is 5.73 Å². The zero-order valence-corrected chi connectivity index (χ0v) is 10.6. The Morgan fingerprint density at radius 2 is 2.24 bits per heavy atom. The summed E-state index contributed by atoms with van der Waals surface area (Å²) in [6.45, 7) is 3.55. The number of hydrogen-bond acceptors (Lipinski definition) is 3. The Hall–Kier alpha value is -1.07. The molecule has 0 aliphatic rings. The average molecular weight is 257 g/mol. The summed E-state index contributed by atoms with van der Waals surface area (Å²) in [6.07, 6.45) is 0. The molecular formula is C12H16FNO2S. The Kier molecular flexibility index (Phi) is 4.54. The molecule has 17 heavy (non-hydrogen) atoms. The van der Waals surface area contributed by atoms with Crippen LogP contribution in [0.1, 0.15) is 19.4 Å². The van der Waals surface area contributed by atoms with Crippen molar-refractivity contribution >= 4 is 17.7 Å². The second-order valence-corrected chi connectivity index (χ2v) is 5.97. The van der Waals surface area contributed by atoms with Crippen molar-refractivity contribution in [1.29, 1.82) is 0 Å². The molecule has 0 amide bonds. The molecule has 3 nitrogen and oxygen atoms in total. The van der Waals surface area contributed by atoms with Crippen LogP contribution in [0.15, 0.2) is 24.3 Å². The highest BCUT2D eigenvalue weighted by Gasteiger charge is 2.32. The molecule has 0 aliphatic heterocycles. The second kappa shape index (κ2) is 5.51. The van der Waals surface area contributed by atoms with Gasteiger partial charge in [0.15, 0.2) is 0 Å². The van der Waals surface area contributed by atoms with Crippen LogP contribution in [0.5, 0.6) is 0 Å². The van der Waals surface area contributed by atoms with Gasteiger partial charge < -0.3 is 10.8 Å². The number of nitrogens with two attached hydrogens (primary N) is 1. The summed E-state index contributed by atoms with van der Waals surface area (Å²) in [5, 5.41) is 8.86. The number of halogens is 1. The monoisotopic (exact) mass is 257 g/mol. The Balaban J connectivity index is 2.64. The van der Waals surface area contributed by atoms with Crippen molar-refractivity contribution < 1.29 is 14.3 Å². The van der Waals surface area contributed by atoms with E-state index in [2.05, 4.69) is 0 Å². The summed E-state index contributed by atoms with van der Waals surface area (Å²) in [7, 11) is 0. The van der Waals surface area contributed by atoms with Crippen LogP contribution in [-0.2, 0) is 10.5 Å². The molecular weight excluding hydrogens is 241 g/mol. The lowest BCUT2D eigenvalue weighted by atomic mass is 10.1. The zero-order chi connectivity index (χ0) is 13.1. The molecule has 1 rings (SSSR count). The van der Waals surface area contributed by atoms with Crippen molar-refractivity contribution in [1.82, 2.24) is 0 Å². The topological polar surface area (TPSA) is 63.3 Å². The maximum absolute atomic E-state index is 12.9. The first-order chi connectivity index (χ1) is 7.83. The molecule has 94 valence electrons. The fraction of sp³-hybridized carbons (Fsp3) is 0.417. The lowest BCUT2D eigenvalue weighted by Gasteiger charge is -2.28. The summed E-state index contributed by atoms with van der Waals surface area (Å²) in [5.41, 5.74) is 6.41. The van der Waals surface area contributed by atoms with Crippen LogP contribution in [0.25, 0.3) is 0 Å². The van der Waals surface area contributed by atoms with Crippen LogP contribution in [-0.4, -0.2) is 21.9 Å². The van der Waals surface area contributed by atoms with Gasteiger partial charge in [0.25, 0.3) is 0 Å². The first-order valence-electron chi connectivity index (χ1n) is 5.20. The first kappa shape index (κ1) is 14.0. The number of aliphatic carboxylic acids is 1. The first-order valence-corrected chi connectivity index (χ1v) is 6.18. The normalized spacial score (nSPS) is 13.4. The largest absolute Gasteiger partial charge is 0.480 e. The highest BCUT2D eigenvalue weighted by Crippen LogP contribution is 2.30. The van der Waals surface area contributed by atoms with Gasteiger partial charge in [-0.1, -0.05) is 12.1 Å².